The van der Waals surface area contributed by atoms with E-state index in [4.69, 9.17) is 0 Å². The normalized spacial score (nSPS) is 19.1. The number of piperazine rings is 1. The van der Waals surface area contributed by atoms with Crippen LogP contribution in [0.15, 0.2) is 36.7 Å². The number of aromatic nitrogens is 1. The first-order valence-corrected chi connectivity index (χ1v) is 7.55. The number of pyridine rings is 1. The molecule has 1 saturated heterocycles. The Morgan fingerprint density at radius 3 is 2.85 bits per heavy atom. The minimum atomic E-state index is 0.142. The summed E-state index contributed by atoms with van der Waals surface area (Å²) in [5.41, 5.74) is 1.18. The number of hydrogen-bond donors (Lipinski definition) is 1. The maximum absolute atomic E-state index is 12.5. The topological polar surface area (TPSA) is 45.2 Å². The Morgan fingerprint density at radius 1 is 1.35 bits per heavy atom. The van der Waals surface area contributed by atoms with Crippen LogP contribution in [0.25, 0.3) is 0 Å². The Bertz CT molecular complexity index is 596. The molecule has 1 aliphatic heterocycles. The van der Waals surface area contributed by atoms with Crippen LogP contribution in [0, 0.1) is 6.92 Å². The summed E-state index contributed by atoms with van der Waals surface area (Å²) in [5, 5.41) is 3.46. The Morgan fingerprint density at radius 2 is 2.15 bits per heavy atom. The fourth-order valence-corrected chi connectivity index (χ4v) is 3.29. The predicted octanol–water partition coefficient (Wildman–Crippen LogP) is 2.24. The van der Waals surface area contributed by atoms with Crippen molar-refractivity contribution in [3.05, 3.63) is 52.0 Å². The summed E-state index contributed by atoms with van der Waals surface area (Å²) in [5.74, 6) is 0.142. The quantitative estimate of drug-likeness (QED) is 0.921. The third-order valence-electron chi connectivity index (χ3n) is 3.52. The maximum atomic E-state index is 12.5. The highest BCUT2D eigenvalue weighted by molar-refractivity contribution is 7.13. The average Bonchev–Trinajstić information content (AvgIpc) is 2.94. The zero-order valence-corrected chi connectivity index (χ0v) is 12.2. The molecule has 1 aliphatic rings. The molecule has 3 heterocycles. The van der Waals surface area contributed by atoms with Crippen molar-refractivity contribution in [1.82, 2.24) is 15.2 Å². The molecule has 1 N–H and O–H groups in total. The molecule has 2 aromatic rings. The van der Waals surface area contributed by atoms with Gasteiger partial charge in [0.1, 0.15) is 0 Å². The van der Waals surface area contributed by atoms with Crippen molar-refractivity contribution in [3.63, 3.8) is 0 Å². The highest BCUT2D eigenvalue weighted by Gasteiger charge is 2.25. The van der Waals surface area contributed by atoms with Crippen LogP contribution in [0.1, 0.15) is 26.2 Å². The predicted molar refractivity (Wildman–Crippen MR) is 79.9 cm³/mol. The summed E-state index contributed by atoms with van der Waals surface area (Å²) in [6.45, 7) is 4.32. The number of thiophene rings is 1. The van der Waals surface area contributed by atoms with Gasteiger partial charge in [0.15, 0.2) is 0 Å². The van der Waals surface area contributed by atoms with Crippen LogP contribution in [-0.2, 0) is 0 Å². The lowest BCUT2D eigenvalue weighted by atomic mass is 10.1. The molecule has 5 heteroatoms. The lowest BCUT2D eigenvalue weighted by molar-refractivity contribution is 0.0708. The van der Waals surface area contributed by atoms with Crippen molar-refractivity contribution >= 4 is 17.2 Å². The van der Waals surface area contributed by atoms with Crippen molar-refractivity contribution in [3.8, 4) is 0 Å². The molecule has 2 aromatic heterocycles. The third-order valence-corrected chi connectivity index (χ3v) is 4.51. The largest absolute Gasteiger partial charge is 0.335 e. The molecule has 1 atom stereocenters. The first-order chi connectivity index (χ1) is 9.74. The molecule has 1 fully saturated rings. The summed E-state index contributed by atoms with van der Waals surface area (Å²) in [4.78, 5) is 20.5. The van der Waals surface area contributed by atoms with E-state index in [2.05, 4.69) is 10.3 Å². The van der Waals surface area contributed by atoms with Gasteiger partial charge in [-0.2, -0.15) is 0 Å². The minimum absolute atomic E-state index is 0.142. The molecule has 0 radical (unpaired) electrons. The van der Waals surface area contributed by atoms with Gasteiger partial charge in [0, 0.05) is 36.9 Å². The van der Waals surface area contributed by atoms with E-state index in [9.17, 15) is 4.79 Å². The first-order valence-electron chi connectivity index (χ1n) is 6.73. The maximum Gasteiger partial charge on any atom is 0.264 e. The number of hydrogen-bond acceptors (Lipinski definition) is 4. The number of nitrogens with one attached hydrogen (secondary N) is 1. The van der Waals surface area contributed by atoms with Gasteiger partial charge in [0.05, 0.1) is 10.9 Å². The van der Waals surface area contributed by atoms with E-state index in [1.165, 1.54) is 10.4 Å². The van der Waals surface area contributed by atoms with Gasteiger partial charge in [0.2, 0.25) is 0 Å². The van der Waals surface area contributed by atoms with Crippen molar-refractivity contribution in [2.75, 3.05) is 19.6 Å². The summed E-state index contributed by atoms with van der Waals surface area (Å²) in [7, 11) is 0. The van der Waals surface area contributed by atoms with Gasteiger partial charge in [-0.05, 0) is 36.8 Å². The van der Waals surface area contributed by atoms with E-state index in [-0.39, 0.29) is 11.9 Å². The second-order valence-corrected chi connectivity index (χ2v) is 6.24. The van der Waals surface area contributed by atoms with Crippen LogP contribution < -0.4 is 5.32 Å². The van der Waals surface area contributed by atoms with Gasteiger partial charge in [0.25, 0.3) is 5.91 Å². The molecule has 0 bridgehead atoms. The molecular formula is C15H17N3OS. The van der Waals surface area contributed by atoms with Crippen molar-refractivity contribution < 1.29 is 4.79 Å². The van der Waals surface area contributed by atoms with Crippen LogP contribution in [-0.4, -0.2) is 35.4 Å². The standard InChI is InChI=1S/C15H17N3OS/c1-11-2-3-14(20-11)15(19)18-9-8-17-13(10-18)12-4-6-16-7-5-12/h2-7,13,17H,8-10H2,1H3. The Hall–Kier alpha value is -1.72. The summed E-state index contributed by atoms with van der Waals surface area (Å²) < 4.78 is 0. The number of nitrogens with zero attached hydrogens (tertiary/aromatic N) is 2. The molecule has 0 saturated carbocycles. The molecular weight excluding hydrogens is 270 g/mol. The molecule has 0 aromatic carbocycles. The Balaban J connectivity index is 1.74. The molecule has 0 aliphatic carbocycles. The Labute approximate surface area is 122 Å². The van der Waals surface area contributed by atoms with Gasteiger partial charge >= 0.3 is 0 Å². The van der Waals surface area contributed by atoms with Gasteiger partial charge in [-0.3, -0.25) is 9.78 Å². The van der Waals surface area contributed by atoms with E-state index >= 15 is 0 Å². The lowest BCUT2D eigenvalue weighted by Gasteiger charge is -2.33. The fourth-order valence-electron chi connectivity index (χ4n) is 2.46. The zero-order chi connectivity index (χ0) is 13.9. The van der Waals surface area contributed by atoms with Gasteiger partial charge in [-0.1, -0.05) is 0 Å². The van der Waals surface area contributed by atoms with Crippen LogP contribution >= 0.6 is 11.3 Å². The summed E-state index contributed by atoms with van der Waals surface area (Å²) in [6, 6.07) is 8.12. The number of carbonyl (C=O) groups excluding carboxylic acids is 1. The molecule has 0 spiro atoms. The van der Waals surface area contributed by atoms with E-state index in [0.717, 1.165) is 18.0 Å². The molecule has 104 valence electrons. The summed E-state index contributed by atoms with van der Waals surface area (Å²) >= 11 is 1.56. The average molecular weight is 287 g/mol. The molecule has 3 rings (SSSR count). The highest BCUT2D eigenvalue weighted by Crippen LogP contribution is 2.21. The van der Waals surface area contributed by atoms with E-state index < -0.39 is 0 Å². The van der Waals surface area contributed by atoms with Crippen LogP contribution in [0.2, 0.25) is 0 Å². The lowest BCUT2D eigenvalue weighted by Crippen LogP contribution is -2.48. The molecule has 1 amide bonds. The molecule has 1 unspecified atom stereocenters. The van der Waals surface area contributed by atoms with Gasteiger partial charge < -0.3 is 10.2 Å². The number of rotatable bonds is 2. The number of amides is 1. The third kappa shape index (κ3) is 2.73. The van der Waals surface area contributed by atoms with Crippen molar-refractivity contribution in [2.45, 2.75) is 13.0 Å². The van der Waals surface area contributed by atoms with Crippen LogP contribution in [0.3, 0.4) is 0 Å². The smallest absolute Gasteiger partial charge is 0.264 e. The fraction of sp³-hybridized carbons (Fsp3) is 0.333. The second-order valence-electron chi connectivity index (χ2n) is 4.95. The highest BCUT2D eigenvalue weighted by atomic mass is 32.1. The number of carbonyl (C=O) groups is 1. The first kappa shape index (κ1) is 13.3. The Kier molecular flexibility index (Phi) is 3.80. The zero-order valence-electron chi connectivity index (χ0n) is 11.4. The van der Waals surface area contributed by atoms with Gasteiger partial charge in [-0.15, -0.1) is 11.3 Å². The van der Waals surface area contributed by atoms with E-state index in [0.29, 0.717) is 6.54 Å². The van der Waals surface area contributed by atoms with Crippen LogP contribution in [0.5, 0.6) is 0 Å². The number of aryl methyl sites for hydroxylation is 1. The van der Waals surface area contributed by atoms with Crippen LogP contribution in [0.4, 0.5) is 0 Å². The molecule has 20 heavy (non-hydrogen) atoms. The van der Waals surface area contributed by atoms with Crippen molar-refractivity contribution in [2.24, 2.45) is 0 Å². The van der Waals surface area contributed by atoms with E-state index in [1.807, 2.05) is 36.1 Å². The van der Waals surface area contributed by atoms with E-state index in [1.54, 1.807) is 23.7 Å². The SMILES string of the molecule is Cc1ccc(C(=O)N2CCNC(c3ccncc3)C2)s1. The molecule has 4 nitrogen and oxygen atoms in total. The van der Waals surface area contributed by atoms with Gasteiger partial charge in [-0.25, -0.2) is 0 Å². The minimum Gasteiger partial charge on any atom is -0.335 e. The second kappa shape index (κ2) is 5.73. The monoisotopic (exact) mass is 287 g/mol. The summed E-state index contributed by atoms with van der Waals surface area (Å²) in [6.07, 6.45) is 3.58. The van der Waals surface area contributed by atoms with Crippen molar-refractivity contribution in [1.29, 1.82) is 0 Å².